The fourth-order valence-electron chi connectivity index (χ4n) is 3.94. The van der Waals surface area contributed by atoms with E-state index in [1.165, 1.54) is 31.1 Å². The maximum Gasteiger partial charge on any atom is 0.329 e. The van der Waals surface area contributed by atoms with E-state index in [0.717, 1.165) is 22.0 Å². The summed E-state index contributed by atoms with van der Waals surface area (Å²) in [6.45, 7) is 8.49. The van der Waals surface area contributed by atoms with Crippen LogP contribution >= 0.6 is 0 Å². The van der Waals surface area contributed by atoms with Crippen LogP contribution in [0.5, 0.6) is 0 Å². The summed E-state index contributed by atoms with van der Waals surface area (Å²) < 4.78 is 33.4. The molecule has 1 amide bonds. The Morgan fingerprint density at radius 1 is 1.00 bits per heavy atom. The van der Waals surface area contributed by atoms with Crippen LogP contribution < -0.4 is 0 Å². The number of likely N-dealkylation sites (N-methyl/N-ethyl adjacent to an activating group) is 2. The van der Waals surface area contributed by atoms with Crippen LogP contribution in [0.4, 0.5) is 5.69 Å². The third-order valence-corrected chi connectivity index (χ3v) is 7.65. The van der Waals surface area contributed by atoms with Crippen LogP contribution in [0, 0.1) is 16.0 Å². The van der Waals surface area contributed by atoms with E-state index in [0.29, 0.717) is 0 Å². The topological polar surface area (TPSA) is 127 Å². The quantitative estimate of drug-likeness (QED) is 0.259. The van der Waals surface area contributed by atoms with Crippen LogP contribution in [0.2, 0.25) is 0 Å². The van der Waals surface area contributed by atoms with Crippen molar-refractivity contribution in [3.8, 4) is 0 Å². The maximum absolute atomic E-state index is 13.8. The molecule has 10 nitrogen and oxygen atoms in total. The average Bonchev–Trinajstić information content (AvgIpc) is 2.81. The van der Waals surface area contributed by atoms with E-state index in [1.807, 2.05) is 30.3 Å². The van der Waals surface area contributed by atoms with Crippen LogP contribution in [0.15, 0.2) is 59.5 Å². The van der Waals surface area contributed by atoms with E-state index in [1.54, 1.807) is 34.6 Å². The molecular formula is C26H35N3O7S. The van der Waals surface area contributed by atoms with Crippen molar-refractivity contribution in [2.75, 3.05) is 14.1 Å². The molecule has 0 aromatic heterocycles. The number of rotatable bonds is 10. The lowest BCUT2D eigenvalue weighted by atomic mass is 10.00. The highest BCUT2D eigenvalue weighted by Gasteiger charge is 2.42. The van der Waals surface area contributed by atoms with E-state index >= 15 is 0 Å². The van der Waals surface area contributed by atoms with Gasteiger partial charge in [0.05, 0.1) is 4.92 Å². The zero-order valence-electron chi connectivity index (χ0n) is 22.2. The Hall–Kier alpha value is -3.31. The Morgan fingerprint density at radius 2 is 1.54 bits per heavy atom. The molecule has 0 saturated carbocycles. The first kappa shape index (κ1) is 29.9. The number of hydrogen-bond acceptors (Lipinski definition) is 7. The van der Waals surface area contributed by atoms with Crippen molar-refractivity contribution in [2.45, 2.75) is 63.6 Å². The highest BCUT2D eigenvalue weighted by Crippen LogP contribution is 2.29. The summed E-state index contributed by atoms with van der Waals surface area (Å²) in [7, 11) is -1.80. The Morgan fingerprint density at radius 3 is 2.05 bits per heavy atom. The SMILES string of the molecule is CC(C)[C@@H](C(=O)N(C)[C@@H](Cc1ccccc1)C(=O)OC(C)(C)C)N(C)S(=O)(=O)c1ccccc1[N+](=O)[O-]. The monoisotopic (exact) mass is 533 g/mol. The Bertz CT molecular complexity index is 1220. The third-order valence-electron chi connectivity index (χ3n) is 5.76. The van der Waals surface area contributed by atoms with Gasteiger partial charge in [-0.1, -0.05) is 56.3 Å². The number of carbonyl (C=O) groups is 2. The predicted octanol–water partition coefficient (Wildman–Crippen LogP) is 3.65. The number of nitro benzene ring substituents is 1. The van der Waals surface area contributed by atoms with Gasteiger partial charge >= 0.3 is 5.97 Å². The van der Waals surface area contributed by atoms with E-state index in [9.17, 15) is 28.1 Å². The Kier molecular flexibility index (Phi) is 9.56. The molecule has 0 aliphatic carbocycles. The van der Waals surface area contributed by atoms with Gasteiger partial charge in [0, 0.05) is 26.6 Å². The number of carbonyl (C=O) groups excluding carboxylic acids is 2. The molecule has 11 heteroatoms. The minimum Gasteiger partial charge on any atom is -0.458 e. The summed E-state index contributed by atoms with van der Waals surface area (Å²) >= 11 is 0. The highest BCUT2D eigenvalue weighted by molar-refractivity contribution is 7.89. The zero-order chi connectivity index (χ0) is 28.1. The van der Waals surface area contributed by atoms with Gasteiger partial charge in [-0.3, -0.25) is 14.9 Å². The lowest BCUT2D eigenvalue weighted by Crippen LogP contribution is -2.55. The number of amides is 1. The first-order valence-corrected chi connectivity index (χ1v) is 13.3. The largest absolute Gasteiger partial charge is 0.458 e. The van der Waals surface area contributed by atoms with Gasteiger partial charge in [0.1, 0.15) is 17.7 Å². The summed E-state index contributed by atoms with van der Waals surface area (Å²) in [5.74, 6) is -1.78. The average molecular weight is 534 g/mol. The summed E-state index contributed by atoms with van der Waals surface area (Å²) in [6.07, 6.45) is 0.156. The second-order valence-electron chi connectivity index (χ2n) is 10.1. The van der Waals surface area contributed by atoms with E-state index < -0.39 is 61.0 Å². The van der Waals surface area contributed by atoms with Gasteiger partial charge in [0.15, 0.2) is 4.90 Å². The van der Waals surface area contributed by atoms with Crippen LogP contribution in [-0.4, -0.2) is 66.2 Å². The Balaban J connectivity index is 2.49. The molecular weight excluding hydrogens is 498 g/mol. The van der Waals surface area contributed by atoms with E-state index in [-0.39, 0.29) is 6.42 Å². The van der Waals surface area contributed by atoms with Crippen molar-refractivity contribution in [3.05, 3.63) is 70.3 Å². The van der Waals surface area contributed by atoms with E-state index in [4.69, 9.17) is 4.74 Å². The number of nitrogens with zero attached hydrogens (tertiary/aromatic N) is 3. The highest BCUT2D eigenvalue weighted by atomic mass is 32.2. The summed E-state index contributed by atoms with van der Waals surface area (Å²) in [6, 6.07) is 11.8. The molecule has 0 radical (unpaired) electrons. The molecule has 0 aliphatic heterocycles. The number of para-hydroxylation sites is 1. The lowest BCUT2D eigenvalue weighted by Gasteiger charge is -2.36. The maximum atomic E-state index is 13.8. The minimum atomic E-state index is -4.44. The van der Waals surface area contributed by atoms with Gasteiger partial charge in [-0.2, -0.15) is 4.31 Å². The van der Waals surface area contributed by atoms with Crippen molar-refractivity contribution in [2.24, 2.45) is 5.92 Å². The minimum absolute atomic E-state index is 0.156. The van der Waals surface area contributed by atoms with Crippen molar-refractivity contribution in [1.82, 2.24) is 9.21 Å². The van der Waals surface area contributed by atoms with Crippen molar-refractivity contribution in [3.63, 3.8) is 0 Å². The van der Waals surface area contributed by atoms with E-state index in [2.05, 4.69) is 0 Å². The number of ether oxygens (including phenoxy) is 1. The standard InChI is InChI=1S/C26H35N3O7S/c1-18(2)23(28(7)37(34,35)22-16-12-11-15-20(22)29(32)33)24(30)27(6)21(25(31)36-26(3,4)5)17-19-13-9-8-10-14-19/h8-16,18,21,23H,17H2,1-7H3/t21-,23-/m0/s1. The van der Waals surface area contributed by atoms with Gasteiger partial charge in [0.25, 0.3) is 5.69 Å². The molecule has 0 heterocycles. The number of nitro groups is 1. The molecule has 37 heavy (non-hydrogen) atoms. The van der Waals surface area contributed by atoms with Crippen LogP contribution in [0.25, 0.3) is 0 Å². The number of benzene rings is 2. The molecule has 2 atom stereocenters. The molecule has 0 aliphatic rings. The molecule has 0 N–H and O–H groups in total. The lowest BCUT2D eigenvalue weighted by molar-refractivity contribution is -0.387. The molecule has 202 valence electrons. The summed E-state index contributed by atoms with van der Waals surface area (Å²) in [5.41, 5.74) is -0.604. The number of esters is 1. The molecule has 0 unspecified atom stereocenters. The fourth-order valence-corrected chi connectivity index (χ4v) is 5.54. The first-order valence-electron chi connectivity index (χ1n) is 11.8. The van der Waals surface area contributed by atoms with Crippen molar-refractivity contribution >= 4 is 27.6 Å². The summed E-state index contributed by atoms with van der Waals surface area (Å²) in [5, 5.41) is 11.5. The summed E-state index contributed by atoms with van der Waals surface area (Å²) in [4.78, 5) is 38.4. The third kappa shape index (κ3) is 7.36. The van der Waals surface area contributed by atoms with Gasteiger partial charge in [0.2, 0.25) is 15.9 Å². The molecule has 0 saturated heterocycles. The van der Waals surface area contributed by atoms with Crippen molar-refractivity contribution < 1.29 is 27.7 Å². The zero-order valence-corrected chi connectivity index (χ0v) is 23.1. The molecule has 2 aromatic carbocycles. The molecule has 0 bridgehead atoms. The second kappa shape index (κ2) is 11.8. The van der Waals surface area contributed by atoms with Gasteiger partial charge in [-0.05, 0) is 38.3 Å². The van der Waals surface area contributed by atoms with Crippen LogP contribution in [-0.2, 0) is 30.8 Å². The van der Waals surface area contributed by atoms with Crippen LogP contribution in [0.1, 0.15) is 40.2 Å². The smallest absolute Gasteiger partial charge is 0.329 e. The van der Waals surface area contributed by atoms with Crippen molar-refractivity contribution in [1.29, 1.82) is 0 Å². The normalized spacial score (nSPS) is 13.8. The fraction of sp³-hybridized carbons (Fsp3) is 0.462. The number of sulfonamides is 1. The molecule has 0 fully saturated rings. The predicted molar refractivity (Wildman–Crippen MR) is 139 cm³/mol. The molecule has 2 aromatic rings. The van der Waals surface area contributed by atoms with Crippen LogP contribution in [0.3, 0.4) is 0 Å². The van der Waals surface area contributed by atoms with Gasteiger partial charge < -0.3 is 9.64 Å². The number of hydrogen-bond donors (Lipinski definition) is 0. The van der Waals surface area contributed by atoms with Gasteiger partial charge in [-0.25, -0.2) is 13.2 Å². The first-order chi connectivity index (χ1) is 17.1. The molecule has 0 spiro atoms. The second-order valence-corrected chi connectivity index (χ2v) is 12.1. The molecule has 2 rings (SSSR count). The Labute approximate surface area is 218 Å². The van der Waals surface area contributed by atoms with Gasteiger partial charge in [-0.15, -0.1) is 0 Å².